The molecule has 1 aromatic heterocycles. The zero-order valence-electron chi connectivity index (χ0n) is 16.7. The lowest BCUT2D eigenvalue weighted by Gasteiger charge is -2.18. The molecule has 0 spiro atoms. The summed E-state index contributed by atoms with van der Waals surface area (Å²) in [5.74, 6) is 0. The van der Waals surface area contributed by atoms with Crippen LogP contribution in [0.5, 0.6) is 0 Å². The molecule has 1 N–H and O–H groups in total. The summed E-state index contributed by atoms with van der Waals surface area (Å²) in [4.78, 5) is 0. The number of halogens is 3. The van der Waals surface area contributed by atoms with Crippen LogP contribution in [0, 0.1) is 0 Å². The second-order valence-electron chi connectivity index (χ2n) is 8.31. The van der Waals surface area contributed by atoms with Gasteiger partial charge in [-0.3, -0.25) is 4.68 Å². The molecule has 2 aliphatic carbocycles. The van der Waals surface area contributed by atoms with Gasteiger partial charge in [0, 0.05) is 22.6 Å². The van der Waals surface area contributed by atoms with Crippen molar-refractivity contribution in [1.82, 2.24) is 14.5 Å². The minimum atomic E-state index is -4.41. The third-order valence-corrected chi connectivity index (χ3v) is 7.19. The summed E-state index contributed by atoms with van der Waals surface area (Å²) in [6.07, 6.45) is -0.00990. The molecule has 8 heteroatoms. The largest absolute Gasteiger partial charge is 0.598 e. The van der Waals surface area contributed by atoms with Crippen LogP contribution in [0.1, 0.15) is 60.3 Å². The van der Waals surface area contributed by atoms with Gasteiger partial charge in [-0.2, -0.15) is 18.3 Å². The van der Waals surface area contributed by atoms with E-state index in [9.17, 15) is 17.7 Å². The first-order valence-corrected chi connectivity index (χ1v) is 11.4. The van der Waals surface area contributed by atoms with Gasteiger partial charge >= 0.3 is 6.18 Å². The molecule has 0 saturated carbocycles. The van der Waals surface area contributed by atoms with Crippen LogP contribution in [0.25, 0.3) is 0 Å². The lowest BCUT2D eigenvalue weighted by molar-refractivity contribution is -0.142. The third kappa shape index (κ3) is 4.34. The molecule has 0 fully saturated rings. The normalized spacial score (nSPS) is 20.0. The Balaban J connectivity index is 1.53. The fraction of sp³-hybridized carbons (Fsp3) is 0.571. The van der Waals surface area contributed by atoms with Gasteiger partial charge < -0.3 is 4.55 Å². The standard InChI is InChI=1S/C21H26F3N3OS/c1-13(2)29(28)26-17-10-15-8-7-14(9-16(15)11-17)12-27-19-6-4-3-5-18(19)20(25-27)21(22,23)24/h7-9,13,17,26H,3-6,10-12H2,1-2H3/t17-,29?/m0/s1. The Morgan fingerprint density at radius 1 is 1.21 bits per heavy atom. The van der Waals surface area contributed by atoms with Crippen molar-refractivity contribution in [2.75, 3.05) is 0 Å². The van der Waals surface area contributed by atoms with Crippen LogP contribution in [0.2, 0.25) is 0 Å². The van der Waals surface area contributed by atoms with E-state index in [1.165, 1.54) is 11.1 Å². The Morgan fingerprint density at radius 2 is 1.93 bits per heavy atom. The number of rotatable bonds is 5. The fourth-order valence-electron chi connectivity index (χ4n) is 4.36. The van der Waals surface area contributed by atoms with E-state index < -0.39 is 23.2 Å². The number of nitrogens with one attached hydrogen (secondary N) is 1. The monoisotopic (exact) mass is 425 g/mol. The number of fused-ring (bicyclic) bond motifs is 2. The molecule has 1 unspecified atom stereocenters. The maximum atomic E-state index is 13.4. The summed E-state index contributed by atoms with van der Waals surface area (Å²) in [5.41, 5.74) is 3.75. The summed E-state index contributed by atoms with van der Waals surface area (Å²) in [6.45, 7) is 4.19. The predicted molar refractivity (Wildman–Crippen MR) is 107 cm³/mol. The molecule has 1 heterocycles. The molecular weight excluding hydrogens is 399 g/mol. The van der Waals surface area contributed by atoms with Crippen molar-refractivity contribution < 1.29 is 17.7 Å². The van der Waals surface area contributed by atoms with E-state index >= 15 is 0 Å². The fourth-order valence-corrected chi connectivity index (χ4v) is 5.12. The van der Waals surface area contributed by atoms with Crippen molar-refractivity contribution in [1.29, 1.82) is 0 Å². The molecule has 158 valence electrons. The molecule has 0 saturated heterocycles. The quantitative estimate of drug-likeness (QED) is 0.738. The number of alkyl halides is 3. The predicted octanol–water partition coefficient (Wildman–Crippen LogP) is 3.96. The molecule has 4 rings (SSSR count). The number of nitrogens with zero attached hydrogens (tertiary/aromatic N) is 2. The first-order chi connectivity index (χ1) is 13.7. The molecular formula is C21H26F3N3OS. The van der Waals surface area contributed by atoms with E-state index in [4.69, 9.17) is 0 Å². The van der Waals surface area contributed by atoms with Gasteiger partial charge in [0.15, 0.2) is 5.69 Å². The highest BCUT2D eigenvalue weighted by molar-refractivity contribution is 7.90. The SMILES string of the molecule is CC(C)[S+]([O-])N[C@H]1Cc2ccc(Cn3nc(C(F)(F)F)c4c3CCCC4)cc2C1. The van der Waals surface area contributed by atoms with Crippen LogP contribution in [0.15, 0.2) is 18.2 Å². The highest BCUT2D eigenvalue weighted by Gasteiger charge is 2.39. The molecule has 0 radical (unpaired) electrons. The van der Waals surface area contributed by atoms with Gasteiger partial charge in [0.2, 0.25) is 0 Å². The van der Waals surface area contributed by atoms with Crippen molar-refractivity contribution in [2.45, 2.75) is 76.4 Å². The first kappa shape index (κ1) is 20.8. The van der Waals surface area contributed by atoms with Crippen molar-refractivity contribution in [2.24, 2.45) is 0 Å². The van der Waals surface area contributed by atoms with Crippen molar-refractivity contribution in [3.63, 3.8) is 0 Å². The minimum absolute atomic E-state index is 0.0584. The first-order valence-electron chi connectivity index (χ1n) is 10.2. The Kier molecular flexibility index (Phi) is 5.70. The van der Waals surface area contributed by atoms with Gasteiger partial charge in [0.05, 0.1) is 12.6 Å². The molecule has 2 aliphatic rings. The van der Waals surface area contributed by atoms with E-state index in [0.717, 1.165) is 36.9 Å². The van der Waals surface area contributed by atoms with Gasteiger partial charge in [-0.05, 0) is 69.1 Å². The molecule has 2 atom stereocenters. The van der Waals surface area contributed by atoms with Crippen LogP contribution in [0.3, 0.4) is 0 Å². The number of hydrogen-bond donors (Lipinski definition) is 1. The van der Waals surface area contributed by atoms with Crippen LogP contribution in [-0.2, 0) is 49.8 Å². The minimum Gasteiger partial charge on any atom is -0.598 e. The van der Waals surface area contributed by atoms with Crippen molar-refractivity contribution >= 4 is 11.4 Å². The van der Waals surface area contributed by atoms with Crippen LogP contribution < -0.4 is 4.72 Å². The lowest BCUT2D eigenvalue weighted by atomic mass is 9.95. The maximum Gasteiger partial charge on any atom is 0.435 e. The Morgan fingerprint density at radius 3 is 2.66 bits per heavy atom. The van der Waals surface area contributed by atoms with Crippen LogP contribution in [0.4, 0.5) is 13.2 Å². The zero-order chi connectivity index (χ0) is 20.8. The maximum absolute atomic E-state index is 13.4. The van der Waals surface area contributed by atoms with Crippen LogP contribution in [-0.4, -0.2) is 25.6 Å². The zero-order valence-corrected chi connectivity index (χ0v) is 17.5. The topological polar surface area (TPSA) is 52.9 Å². The highest BCUT2D eigenvalue weighted by atomic mass is 32.2. The average Bonchev–Trinajstić information content (AvgIpc) is 3.22. The van der Waals surface area contributed by atoms with Crippen LogP contribution >= 0.6 is 0 Å². The average molecular weight is 426 g/mol. The Hall–Kier alpha value is -1.51. The molecule has 0 amide bonds. The molecule has 1 aromatic carbocycles. The van der Waals surface area contributed by atoms with Gasteiger partial charge in [0.25, 0.3) is 0 Å². The van der Waals surface area contributed by atoms with E-state index in [2.05, 4.69) is 15.9 Å². The molecule has 0 aliphatic heterocycles. The smallest absolute Gasteiger partial charge is 0.435 e. The Bertz CT molecular complexity index is 894. The third-order valence-electron chi connectivity index (χ3n) is 5.77. The lowest BCUT2D eigenvalue weighted by Crippen LogP contribution is -2.39. The van der Waals surface area contributed by atoms with Gasteiger partial charge in [0.1, 0.15) is 5.25 Å². The summed E-state index contributed by atoms with van der Waals surface area (Å²) in [7, 11) is 0. The van der Waals surface area contributed by atoms with Gasteiger partial charge in [-0.1, -0.05) is 18.2 Å². The summed E-state index contributed by atoms with van der Waals surface area (Å²) in [6, 6.07) is 6.23. The molecule has 4 nitrogen and oxygen atoms in total. The summed E-state index contributed by atoms with van der Waals surface area (Å²) >= 11 is -1.06. The molecule has 2 aromatic rings. The second-order valence-corrected chi connectivity index (χ2v) is 10.1. The molecule has 29 heavy (non-hydrogen) atoms. The van der Waals surface area contributed by atoms with Crippen molar-refractivity contribution in [3.05, 3.63) is 51.8 Å². The van der Waals surface area contributed by atoms with Crippen molar-refractivity contribution in [3.8, 4) is 0 Å². The van der Waals surface area contributed by atoms with E-state index in [0.29, 0.717) is 24.9 Å². The second kappa shape index (κ2) is 7.96. The molecule has 0 bridgehead atoms. The number of benzene rings is 1. The van der Waals surface area contributed by atoms with Gasteiger partial charge in [-0.25, -0.2) is 0 Å². The number of hydrogen-bond acceptors (Lipinski definition) is 3. The summed E-state index contributed by atoms with van der Waals surface area (Å²) in [5, 5.41) is 4.02. The highest BCUT2D eigenvalue weighted by Crippen LogP contribution is 2.36. The van der Waals surface area contributed by atoms with E-state index in [-0.39, 0.29) is 11.3 Å². The van der Waals surface area contributed by atoms with Gasteiger partial charge in [-0.15, -0.1) is 4.72 Å². The Labute approximate surface area is 172 Å². The summed E-state index contributed by atoms with van der Waals surface area (Å²) < 4.78 is 57.0. The van der Waals surface area contributed by atoms with E-state index in [1.807, 2.05) is 26.0 Å². The number of aromatic nitrogens is 2. The van der Waals surface area contributed by atoms with E-state index in [1.54, 1.807) is 4.68 Å².